The maximum Gasteiger partial charge on any atom is 0.222 e. The molecular formula is C17H25N5O2. The second kappa shape index (κ2) is 6.05. The van der Waals surface area contributed by atoms with Crippen molar-refractivity contribution in [2.24, 2.45) is 18.7 Å². The van der Waals surface area contributed by atoms with Crippen molar-refractivity contribution in [3.8, 4) is 0 Å². The van der Waals surface area contributed by atoms with Crippen LogP contribution < -0.4 is 5.73 Å². The minimum Gasteiger partial charge on any atom is -0.448 e. The highest BCUT2D eigenvalue weighted by Gasteiger charge is 2.38. The molecule has 0 bridgehead atoms. The number of carbonyl (C=O) groups is 1. The zero-order chi connectivity index (χ0) is 17.5. The van der Waals surface area contributed by atoms with Gasteiger partial charge in [0.2, 0.25) is 5.91 Å². The number of hydrogen-bond acceptors (Lipinski definition) is 5. The monoisotopic (exact) mass is 331 g/mol. The fourth-order valence-electron chi connectivity index (χ4n) is 3.23. The molecule has 1 saturated heterocycles. The van der Waals surface area contributed by atoms with Crippen LogP contribution in [-0.4, -0.2) is 38.7 Å². The van der Waals surface area contributed by atoms with E-state index in [1.807, 2.05) is 19.4 Å². The number of aryl methyl sites for hydroxylation is 1. The summed E-state index contributed by atoms with van der Waals surface area (Å²) in [5.74, 6) is 0.335. The molecule has 1 aliphatic heterocycles. The molecule has 0 aromatic carbocycles. The fourth-order valence-corrected chi connectivity index (χ4v) is 3.23. The van der Waals surface area contributed by atoms with E-state index in [-0.39, 0.29) is 23.2 Å². The lowest BCUT2D eigenvalue weighted by Crippen LogP contribution is -2.29. The van der Waals surface area contributed by atoms with Gasteiger partial charge in [0, 0.05) is 44.2 Å². The van der Waals surface area contributed by atoms with Gasteiger partial charge in [-0.15, -0.1) is 0 Å². The summed E-state index contributed by atoms with van der Waals surface area (Å²) in [6.45, 7) is 8.25. The minimum absolute atomic E-state index is 0.0742. The number of likely N-dealkylation sites (tertiary alicyclic amines) is 1. The van der Waals surface area contributed by atoms with Crippen LogP contribution in [0.15, 0.2) is 23.1 Å². The topological polar surface area (TPSA) is 90.2 Å². The van der Waals surface area contributed by atoms with Crippen molar-refractivity contribution in [1.29, 1.82) is 0 Å². The lowest BCUT2D eigenvalue weighted by atomic mass is 9.90. The normalized spacial score (nSPS) is 22.2. The van der Waals surface area contributed by atoms with Crippen molar-refractivity contribution >= 4 is 5.91 Å². The van der Waals surface area contributed by atoms with Gasteiger partial charge in [0.25, 0.3) is 0 Å². The number of hydrogen-bond donors (Lipinski definition) is 1. The van der Waals surface area contributed by atoms with Crippen molar-refractivity contribution in [2.75, 3.05) is 13.1 Å². The molecule has 3 rings (SSSR count). The van der Waals surface area contributed by atoms with E-state index in [4.69, 9.17) is 10.2 Å². The van der Waals surface area contributed by atoms with Crippen molar-refractivity contribution in [2.45, 2.75) is 38.6 Å². The molecule has 0 aliphatic carbocycles. The van der Waals surface area contributed by atoms with E-state index in [0.717, 1.165) is 23.7 Å². The predicted octanol–water partition coefficient (Wildman–Crippen LogP) is 1.41. The minimum atomic E-state index is -0.262. The Labute approximate surface area is 141 Å². The highest BCUT2D eigenvalue weighted by molar-refractivity contribution is 5.78. The van der Waals surface area contributed by atoms with Crippen LogP contribution in [0.2, 0.25) is 0 Å². The first-order chi connectivity index (χ1) is 11.2. The number of nitrogens with zero attached hydrogens (tertiary/aromatic N) is 4. The second-order valence-electron chi connectivity index (χ2n) is 7.65. The van der Waals surface area contributed by atoms with E-state index in [1.54, 1.807) is 10.9 Å². The van der Waals surface area contributed by atoms with Crippen LogP contribution in [-0.2, 0) is 23.8 Å². The Hall–Kier alpha value is -2.15. The summed E-state index contributed by atoms with van der Waals surface area (Å²) < 4.78 is 7.34. The third kappa shape index (κ3) is 3.36. The van der Waals surface area contributed by atoms with Crippen LogP contribution >= 0.6 is 0 Å². The Balaban J connectivity index is 1.74. The van der Waals surface area contributed by atoms with Crippen LogP contribution in [0.4, 0.5) is 0 Å². The molecule has 0 unspecified atom stereocenters. The standard InChI is InChI=1S/C17H25N5O2/c1-17(2,3)16-20-12(10-24-16)7-22-8-13(14(9-22)15(18)23)11-5-19-21(4)6-11/h5-6,10,13-14H,7-9H2,1-4H3,(H2,18,23)/t13-,14+/m1/s1. The maximum atomic E-state index is 11.9. The van der Waals surface area contributed by atoms with Crippen molar-refractivity contribution in [3.63, 3.8) is 0 Å². The van der Waals surface area contributed by atoms with Gasteiger partial charge in [-0.05, 0) is 5.56 Å². The van der Waals surface area contributed by atoms with Crippen LogP contribution in [0.1, 0.15) is 43.8 Å². The molecule has 2 N–H and O–H groups in total. The Morgan fingerprint density at radius 1 is 1.42 bits per heavy atom. The molecule has 1 fully saturated rings. The molecular weight excluding hydrogens is 306 g/mol. The van der Waals surface area contributed by atoms with Gasteiger partial charge in [0.05, 0.1) is 17.8 Å². The van der Waals surface area contributed by atoms with Crippen LogP contribution in [0.3, 0.4) is 0 Å². The smallest absolute Gasteiger partial charge is 0.222 e. The Kier molecular flexibility index (Phi) is 4.21. The number of nitrogens with two attached hydrogens (primary N) is 1. The summed E-state index contributed by atoms with van der Waals surface area (Å²) >= 11 is 0. The van der Waals surface area contributed by atoms with E-state index in [0.29, 0.717) is 13.1 Å². The molecule has 2 aromatic rings. The molecule has 24 heavy (non-hydrogen) atoms. The first-order valence-corrected chi connectivity index (χ1v) is 8.19. The zero-order valence-electron chi connectivity index (χ0n) is 14.7. The number of carbonyl (C=O) groups excluding carboxylic acids is 1. The molecule has 7 nitrogen and oxygen atoms in total. The molecule has 2 atom stereocenters. The van der Waals surface area contributed by atoms with Crippen LogP contribution in [0.25, 0.3) is 0 Å². The lowest BCUT2D eigenvalue weighted by Gasteiger charge is -2.14. The van der Waals surface area contributed by atoms with Gasteiger partial charge in [-0.25, -0.2) is 4.98 Å². The highest BCUT2D eigenvalue weighted by Crippen LogP contribution is 2.33. The van der Waals surface area contributed by atoms with E-state index in [2.05, 4.69) is 35.8 Å². The molecule has 0 spiro atoms. The lowest BCUT2D eigenvalue weighted by molar-refractivity contribution is -0.121. The zero-order valence-corrected chi connectivity index (χ0v) is 14.7. The third-order valence-electron chi connectivity index (χ3n) is 4.49. The van der Waals surface area contributed by atoms with Gasteiger partial charge in [0.1, 0.15) is 6.26 Å². The maximum absolute atomic E-state index is 11.9. The largest absolute Gasteiger partial charge is 0.448 e. The molecule has 3 heterocycles. The van der Waals surface area contributed by atoms with E-state index in [1.165, 1.54) is 0 Å². The Bertz CT molecular complexity index is 727. The number of oxazole rings is 1. The summed E-state index contributed by atoms with van der Waals surface area (Å²) in [7, 11) is 1.87. The second-order valence-corrected chi connectivity index (χ2v) is 7.65. The van der Waals surface area contributed by atoms with Gasteiger partial charge in [-0.3, -0.25) is 14.4 Å². The molecule has 1 aliphatic rings. The average molecular weight is 331 g/mol. The van der Waals surface area contributed by atoms with Gasteiger partial charge >= 0.3 is 0 Å². The molecule has 130 valence electrons. The van der Waals surface area contributed by atoms with Crippen molar-refractivity contribution < 1.29 is 9.21 Å². The van der Waals surface area contributed by atoms with E-state index in [9.17, 15) is 4.79 Å². The number of amides is 1. The summed E-state index contributed by atoms with van der Waals surface area (Å²) in [5, 5.41) is 4.21. The molecule has 2 aromatic heterocycles. The number of rotatable bonds is 4. The summed E-state index contributed by atoms with van der Waals surface area (Å²) in [6.07, 6.45) is 5.48. The fraction of sp³-hybridized carbons (Fsp3) is 0.588. The molecule has 7 heteroatoms. The quantitative estimate of drug-likeness (QED) is 0.915. The molecule has 0 saturated carbocycles. The molecule has 0 radical (unpaired) electrons. The van der Waals surface area contributed by atoms with Gasteiger partial charge < -0.3 is 10.2 Å². The first kappa shape index (κ1) is 16.7. The Morgan fingerprint density at radius 3 is 2.71 bits per heavy atom. The predicted molar refractivity (Wildman–Crippen MR) is 89.1 cm³/mol. The summed E-state index contributed by atoms with van der Waals surface area (Å²) in [4.78, 5) is 18.6. The number of aromatic nitrogens is 3. The van der Waals surface area contributed by atoms with E-state index < -0.39 is 0 Å². The number of primary amides is 1. The van der Waals surface area contributed by atoms with Gasteiger partial charge in [-0.2, -0.15) is 5.10 Å². The van der Waals surface area contributed by atoms with Crippen LogP contribution in [0, 0.1) is 5.92 Å². The molecule has 1 amide bonds. The van der Waals surface area contributed by atoms with Crippen molar-refractivity contribution in [3.05, 3.63) is 35.8 Å². The Morgan fingerprint density at radius 2 is 2.17 bits per heavy atom. The SMILES string of the molecule is Cn1cc([C@H]2CN(Cc3coc(C(C)(C)C)n3)C[C@@H]2C(N)=O)cn1. The van der Waals surface area contributed by atoms with Gasteiger partial charge in [0.15, 0.2) is 5.89 Å². The average Bonchev–Trinajstić information content (AvgIpc) is 3.17. The first-order valence-electron chi connectivity index (χ1n) is 8.19. The van der Waals surface area contributed by atoms with Crippen LogP contribution in [0.5, 0.6) is 0 Å². The summed E-state index contributed by atoms with van der Waals surface area (Å²) in [5.41, 5.74) is 7.45. The van der Waals surface area contributed by atoms with Gasteiger partial charge in [-0.1, -0.05) is 20.8 Å². The highest BCUT2D eigenvalue weighted by atomic mass is 16.3. The summed E-state index contributed by atoms with van der Waals surface area (Å²) in [6, 6.07) is 0. The third-order valence-corrected chi connectivity index (χ3v) is 4.49. The van der Waals surface area contributed by atoms with E-state index >= 15 is 0 Å². The van der Waals surface area contributed by atoms with Crippen molar-refractivity contribution in [1.82, 2.24) is 19.7 Å².